The third kappa shape index (κ3) is 2.84. The Morgan fingerprint density at radius 2 is 2.00 bits per heavy atom. The van der Waals surface area contributed by atoms with Gasteiger partial charge in [0.2, 0.25) is 0 Å². The number of carbonyl (C=O) groups excluding carboxylic acids is 1. The number of hydrogen-bond acceptors (Lipinski definition) is 2. The molecular weight excluding hydrogens is 262 g/mol. The monoisotopic (exact) mass is 283 g/mol. The highest BCUT2D eigenvalue weighted by molar-refractivity contribution is 5.92. The molecule has 1 N–H and O–H groups in total. The topological polar surface area (TPSA) is 49.0 Å². The summed E-state index contributed by atoms with van der Waals surface area (Å²) in [5.41, 5.74) is 3.96. The SMILES string of the molecule is Cc1ccc(C(C)N(C)C(=O)c2cc(C3CC3)[nH]n2)cc1. The lowest BCUT2D eigenvalue weighted by Gasteiger charge is -2.24. The lowest BCUT2D eigenvalue weighted by Crippen LogP contribution is -2.29. The normalized spacial score (nSPS) is 15.8. The molecule has 4 nitrogen and oxygen atoms in total. The molecule has 2 aromatic rings. The predicted octanol–water partition coefficient (Wildman–Crippen LogP) is 3.43. The number of carbonyl (C=O) groups is 1. The number of hydrogen-bond donors (Lipinski definition) is 1. The highest BCUT2D eigenvalue weighted by atomic mass is 16.2. The van der Waals surface area contributed by atoms with Gasteiger partial charge in [0.05, 0.1) is 6.04 Å². The summed E-state index contributed by atoms with van der Waals surface area (Å²) < 4.78 is 0. The molecule has 0 saturated heterocycles. The van der Waals surface area contributed by atoms with E-state index in [-0.39, 0.29) is 11.9 Å². The highest BCUT2D eigenvalue weighted by Gasteiger charge is 2.28. The molecule has 0 radical (unpaired) electrons. The van der Waals surface area contributed by atoms with Gasteiger partial charge >= 0.3 is 0 Å². The minimum absolute atomic E-state index is 0.0270. The number of aromatic nitrogens is 2. The molecular formula is C17H21N3O. The van der Waals surface area contributed by atoms with Crippen LogP contribution in [-0.2, 0) is 0 Å². The van der Waals surface area contributed by atoms with Crippen molar-refractivity contribution in [2.24, 2.45) is 0 Å². The molecule has 1 fully saturated rings. The maximum atomic E-state index is 12.5. The molecule has 1 saturated carbocycles. The number of H-pyrrole nitrogens is 1. The highest BCUT2D eigenvalue weighted by Crippen LogP contribution is 2.39. The fraction of sp³-hybridized carbons (Fsp3) is 0.412. The van der Waals surface area contributed by atoms with Gasteiger partial charge in [0, 0.05) is 18.7 Å². The van der Waals surface area contributed by atoms with Crippen LogP contribution in [-0.4, -0.2) is 28.1 Å². The number of rotatable bonds is 4. The molecule has 1 heterocycles. The fourth-order valence-electron chi connectivity index (χ4n) is 2.47. The van der Waals surface area contributed by atoms with E-state index < -0.39 is 0 Å². The second-order valence-corrected chi connectivity index (χ2v) is 5.99. The second-order valence-electron chi connectivity index (χ2n) is 5.99. The molecule has 1 unspecified atom stereocenters. The van der Waals surface area contributed by atoms with Crippen molar-refractivity contribution in [3.05, 3.63) is 52.8 Å². The molecule has 4 heteroatoms. The van der Waals surface area contributed by atoms with Crippen LogP contribution in [0.4, 0.5) is 0 Å². The lowest BCUT2D eigenvalue weighted by molar-refractivity contribution is 0.0736. The maximum absolute atomic E-state index is 12.5. The quantitative estimate of drug-likeness (QED) is 0.934. The van der Waals surface area contributed by atoms with Crippen LogP contribution >= 0.6 is 0 Å². The van der Waals surface area contributed by atoms with Crippen LogP contribution in [0.2, 0.25) is 0 Å². The van der Waals surface area contributed by atoms with Gasteiger partial charge in [0.25, 0.3) is 5.91 Å². The minimum atomic E-state index is -0.0359. The summed E-state index contributed by atoms with van der Waals surface area (Å²) in [6.07, 6.45) is 2.40. The van der Waals surface area contributed by atoms with Crippen molar-refractivity contribution >= 4 is 5.91 Å². The third-order valence-electron chi connectivity index (χ3n) is 4.30. The number of benzene rings is 1. The first-order valence-electron chi connectivity index (χ1n) is 7.45. The number of aromatic amines is 1. The van der Waals surface area contributed by atoms with Gasteiger partial charge in [-0.1, -0.05) is 29.8 Å². The first-order valence-corrected chi connectivity index (χ1v) is 7.45. The van der Waals surface area contributed by atoms with Crippen LogP contribution in [0.1, 0.15) is 59.0 Å². The van der Waals surface area contributed by atoms with Crippen molar-refractivity contribution in [1.82, 2.24) is 15.1 Å². The molecule has 110 valence electrons. The van der Waals surface area contributed by atoms with Gasteiger partial charge in [0.1, 0.15) is 5.69 Å². The van der Waals surface area contributed by atoms with Gasteiger partial charge in [-0.3, -0.25) is 9.89 Å². The zero-order valence-corrected chi connectivity index (χ0v) is 12.8. The van der Waals surface area contributed by atoms with E-state index in [9.17, 15) is 4.79 Å². The van der Waals surface area contributed by atoms with Crippen LogP contribution in [0, 0.1) is 6.92 Å². The Morgan fingerprint density at radius 1 is 1.33 bits per heavy atom. The van der Waals surface area contributed by atoms with Gasteiger partial charge in [0.15, 0.2) is 0 Å². The molecule has 21 heavy (non-hydrogen) atoms. The third-order valence-corrected chi connectivity index (χ3v) is 4.30. The standard InChI is InChI=1S/C17H21N3O/c1-11-4-6-13(7-5-11)12(2)20(3)17(21)16-10-15(18-19-16)14-8-9-14/h4-7,10,12,14H,8-9H2,1-3H3,(H,18,19). The van der Waals surface area contributed by atoms with Crippen molar-refractivity contribution in [2.75, 3.05) is 7.05 Å². The molecule has 1 atom stereocenters. The number of nitrogens with one attached hydrogen (secondary N) is 1. The maximum Gasteiger partial charge on any atom is 0.274 e. The molecule has 1 aliphatic carbocycles. The van der Waals surface area contributed by atoms with E-state index >= 15 is 0 Å². The predicted molar refractivity (Wildman–Crippen MR) is 82.3 cm³/mol. The largest absolute Gasteiger partial charge is 0.334 e. The number of nitrogens with zero attached hydrogens (tertiary/aromatic N) is 2. The molecule has 1 aromatic carbocycles. The molecule has 1 aliphatic rings. The molecule has 1 amide bonds. The van der Waals surface area contributed by atoms with E-state index in [1.165, 1.54) is 18.4 Å². The van der Waals surface area contributed by atoms with Crippen molar-refractivity contribution in [1.29, 1.82) is 0 Å². The Bertz CT molecular complexity index is 640. The van der Waals surface area contributed by atoms with Crippen molar-refractivity contribution < 1.29 is 4.79 Å². The number of amides is 1. The molecule has 3 rings (SSSR count). The second kappa shape index (κ2) is 5.35. The van der Waals surface area contributed by atoms with Crippen molar-refractivity contribution in [3.8, 4) is 0 Å². The van der Waals surface area contributed by atoms with Gasteiger partial charge < -0.3 is 4.90 Å². The molecule has 0 aliphatic heterocycles. The molecule has 0 bridgehead atoms. The summed E-state index contributed by atoms with van der Waals surface area (Å²) in [4.78, 5) is 14.3. The lowest BCUT2D eigenvalue weighted by atomic mass is 10.1. The summed E-state index contributed by atoms with van der Waals surface area (Å²) in [6.45, 7) is 4.10. The van der Waals surface area contributed by atoms with Crippen LogP contribution in [0.25, 0.3) is 0 Å². The Labute approximate surface area is 125 Å². The Hall–Kier alpha value is -2.10. The molecule has 1 aromatic heterocycles. The average molecular weight is 283 g/mol. The summed E-state index contributed by atoms with van der Waals surface area (Å²) in [5, 5.41) is 7.16. The fourth-order valence-corrected chi connectivity index (χ4v) is 2.47. The average Bonchev–Trinajstić information content (AvgIpc) is 3.23. The first kappa shape index (κ1) is 13.9. The van der Waals surface area contributed by atoms with Crippen LogP contribution in [0.3, 0.4) is 0 Å². The van der Waals surface area contributed by atoms with Crippen molar-refractivity contribution in [3.63, 3.8) is 0 Å². The summed E-state index contributed by atoms with van der Waals surface area (Å²) in [6, 6.07) is 10.2. The van der Waals surface area contributed by atoms with E-state index in [0.717, 1.165) is 11.3 Å². The van der Waals surface area contributed by atoms with E-state index in [4.69, 9.17) is 0 Å². The van der Waals surface area contributed by atoms with E-state index in [0.29, 0.717) is 11.6 Å². The summed E-state index contributed by atoms with van der Waals surface area (Å²) in [7, 11) is 1.83. The number of aryl methyl sites for hydroxylation is 1. The zero-order valence-electron chi connectivity index (χ0n) is 12.8. The van der Waals surface area contributed by atoms with Gasteiger partial charge in [-0.2, -0.15) is 5.10 Å². The van der Waals surface area contributed by atoms with Crippen LogP contribution in [0.15, 0.2) is 30.3 Å². The van der Waals surface area contributed by atoms with Crippen molar-refractivity contribution in [2.45, 2.75) is 38.6 Å². The smallest absolute Gasteiger partial charge is 0.274 e. The van der Waals surface area contributed by atoms with Gasteiger partial charge in [-0.25, -0.2) is 0 Å². The zero-order chi connectivity index (χ0) is 15.0. The van der Waals surface area contributed by atoms with Crippen LogP contribution in [0.5, 0.6) is 0 Å². The Kier molecular flexibility index (Phi) is 3.53. The minimum Gasteiger partial charge on any atom is -0.334 e. The first-order chi connectivity index (χ1) is 10.1. The van der Waals surface area contributed by atoms with Crippen LogP contribution < -0.4 is 0 Å². The van der Waals surface area contributed by atoms with E-state index in [2.05, 4.69) is 41.4 Å². The Morgan fingerprint density at radius 3 is 2.62 bits per heavy atom. The van der Waals surface area contributed by atoms with Gasteiger partial charge in [-0.05, 0) is 38.3 Å². The van der Waals surface area contributed by atoms with Gasteiger partial charge in [-0.15, -0.1) is 0 Å². The van der Waals surface area contributed by atoms with E-state index in [1.807, 2.05) is 20.0 Å². The summed E-state index contributed by atoms with van der Waals surface area (Å²) in [5.74, 6) is 0.546. The molecule has 0 spiro atoms. The summed E-state index contributed by atoms with van der Waals surface area (Å²) >= 11 is 0. The van der Waals surface area contributed by atoms with E-state index in [1.54, 1.807) is 4.90 Å². The Balaban J connectivity index is 1.74.